The van der Waals surface area contributed by atoms with Crippen LogP contribution in [0.15, 0.2) is 29.1 Å². The highest BCUT2D eigenvalue weighted by molar-refractivity contribution is 5.80. The van der Waals surface area contributed by atoms with Gasteiger partial charge in [0, 0.05) is 13.1 Å². The van der Waals surface area contributed by atoms with Crippen molar-refractivity contribution < 1.29 is 4.79 Å². The zero-order chi connectivity index (χ0) is 16.2. The van der Waals surface area contributed by atoms with Gasteiger partial charge in [0.25, 0.3) is 0 Å². The molecule has 3 rings (SSSR count). The summed E-state index contributed by atoms with van der Waals surface area (Å²) in [5.41, 5.74) is 1.61. The van der Waals surface area contributed by atoms with Gasteiger partial charge in [0.15, 0.2) is 0 Å². The Morgan fingerprint density at radius 1 is 1.13 bits per heavy atom. The SMILES string of the molecule is CCn1c(=O)n(CC(=O)NCC2CCCCC2)c2ccccc21. The van der Waals surface area contributed by atoms with Gasteiger partial charge in [-0.25, -0.2) is 4.79 Å². The fourth-order valence-electron chi connectivity index (χ4n) is 3.58. The molecule has 5 nitrogen and oxygen atoms in total. The average molecular weight is 315 g/mol. The summed E-state index contributed by atoms with van der Waals surface area (Å²) >= 11 is 0. The van der Waals surface area contributed by atoms with Gasteiger partial charge in [0.1, 0.15) is 6.54 Å². The van der Waals surface area contributed by atoms with Gasteiger partial charge in [0.05, 0.1) is 11.0 Å². The van der Waals surface area contributed by atoms with Crippen LogP contribution >= 0.6 is 0 Å². The number of amides is 1. The van der Waals surface area contributed by atoms with Crippen LogP contribution in [-0.4, -0.2) is 21.6 Å². The Morgan fingerprint density at radius 3 is 2.43 bits per heavy atom. The fourth-order valence-corrected chi connectivity index (χ4v) is 3.58. The lowest BCUT2D eigenvalue weighted by Crippen LogP contribution is -2.35. The summed E-state index contributed by atoms with van der Waals surface area (Å²) in [6.07, 6.45) is 6.26. The maximum absolute atomic E-state index is 12.5. The van der Waals surface area contributed by atoms with Crippen molar-refractivity contribution in [3.8, 4) is 0 Å². The van der Waals surface area contributed by atoms with Crippen molar-refractivity contribution in [2.24, 2.45) is 5.92 Å². The second-order valence-electron chi connectivity index (χ2n) is 6.41. The number of carbonyl (C=O) groups excluding carboxylic acids is 1. The molecule has 1 aromatic heterocycles. The fraction of sp³-hybridized carbons (Fsp3) is 0.556. The van der Waals surface area contributed by atoms with Crippen LogP contribution in [-0.2, 0) is 17.9 Å². The van der Waals surface area contributed by atoms with Crippen LogP contribution in [0.1, 0.15) is 39.0 Å². The number of benzene rings is 1. The summed E-state index contributed by atoms with van der Waals surface area (Å²) in [5.74, 6) is 0.526. The van der Waals surface area contributed by atoms with Crippen molar-refractivity contribution >= 4 is 16.9 Å². The predicted molar refractivity (Wildman–Crippen MR) is 91.5 cm³/mol. The van der Waals surface area contributed by atoms with E-state index in [1.54, 1.807) is 9.13 Å². The molecule has 1 amide bonds. The molecule has 5 heteroatoms. The second kappa shape index (κ2) is 7.02. The van der Waals surface area contributed by atoms with Gasteiger partial charge >= 0.3 is 5.69 Å². The van der Waals surface area contributed by atoms with Crippen LogP contribution in [0.4, 0.5) is 0 Å². The Hall–Kier alpha value is -2.04. The normalized spacial score (nSPS) is 15.9. The molecule has 0 atom stereocenters. The third kappa shape index (κ3) is 3.33. The molecule has 1 aliphatic carbocycles. The highest BCUT2D eigenvalue weighted by Crippen LogP contribution is 2.22. The van der Waals surface area contributed by atoms with Crippen LogP contribution < -0.4 is 11.0 Å². The third-order valence-corrected chi connectivity index (χ3v) is 4.86. The number of hydrogen-bond acceptors (Lipinski definition) is 2. The number of nitrogens with one attached hydrogen (secondary N) is 1. The topological polar surface area (TPSA) is 56.0 Å². The molecule has 0 radical (unpaired) electrons. The molecular weight excluding hydrogens is 290 g/mol. The number of imidazole rings is 1. The summed E-state index contributed by atoms with van der Waals surface area (Å²) in [5, 5.41) is 3.01. The third-order valence-electron chi connectivity index (χ3n) is 4.86. The van der Waals surface area contributed by atoms with E-state index in [9.17, 15) is 9.59 Å². The summed E-state index contributed by atoms with van der Waals surface area (Å²) < 4.78 is 3.29. The first kappa shape index (κ1) is 15.8. The van der Waals surface area contributed by atoms with E-state index in [1.807, 2.05) is 31.2 Å². The van der Waals surface area contributed by atoms with E-state index in [0.717, 1.165) is 17.6 Å². The van der Waals surface area contributed by atoms with Crippen LogP contribution in [0, 0.1) is 5.92 Å². The first-order chi connectivity index (χ1) is 11.2. The summed E-state index contributed by atoms with van der Waals surface area (Å²) in [7, 11) is 0. The number of nitrogens with zero attached hydrogens (tertiary/aromatic N) is 2. The number of rotatable bonds is 5. The zero-order valence-electron chi connectivity index (χ0n) is 13.8. The molecule has 0 unspecified atom stereocenters. The van der Waals surface area contributed by atoms with Gasteiger partial charge in [0.2, 0.25) is 5.91 Å². The summed E-state index contributed by atoms with van der Waals surface area (Å²) in [4.78, 5) is 24.8. The van der Waals surface area contributed by atoms with Gasteiger partial charge < -0.3 is 5.32 Å². The smallest absolute Gasteiger partial charge is 0.329 e. The number of aromatic nitrogens is 2. The number of aryl methyl sites for hydroxylation is 1. The molecule has 0 saturated heterocycles. The molecule has 1 heterocycles. The molecule has 124 valence electrons. The maximum Gasteiger partial charge on any atom is 0.329 e. The van der Waals surface area contributed by atoms with Crippen molar-refractivity contribution in [1.82, 2.24) is 14.5 Å². The van der Waals surface area contributed by atoms with Gasteiger partial charge in [-0.3, -0.25) is 13.9 Å². The Kier molecular flexibility index (Phi) is 4.84. The van der Waals surface area contributed by atoms with Gasteiger partial charge in [-0.1, -0.05) is 31.4 Å². The Balaban J connectivity index is 1.72. The van der Waals surface area contributed by atoms with E-state index in [0.29, 0.717) is 12.5 Å². The quantitative estimate of drug-likeness (QED) is 0.922. The number of fused-ring (bicyclic) bond motifs is 1. The van der Waals surface area contributed by atoms with Crippen molar-refractivity contribution in [1.29, 1.82) is 0 Å². The molecular formula is C18H25N3O2. The van der Waals surface area contributed by atoms with Crippen LogP contribution in [0.2, 0.25) is 0 Å². The lowest BCUT2D eigenvalue weighted by molar-refractivity contribution is -0.121. The molecule has 1 saturated carbocycles. The maximum atomic E-state index is 12.5. The highest BCUT2D eigenvalue weighted by atomic mass is 16.2. The average Bonchev–Trinajstić information content (AvgIpc) is 2.85. The van der Waals surface area contributed by atoms with Gasteiger partial charge in [-0.05, 0) is 37.8 Å². The zero-order valence-corrected chi connectivity index (χ0v) is 13.8. The van der Waals surface area contributed by atoms with Gasteiger partial charge in [-0.15, -0.1) is 0 Å². The second-order valence-corrected chi connectivity index (χ2v) is 6.41. The minimum absolute atomic E-state index is 0.0725. The minimum Gasteiger partial charge on any atom is -0.354 e. The van der Waals surface area contributed by atoms with Crippen molar-refractivity contribution in [2.45, 2.75) is 52.1 Å². The van der Waals surface area contributed by atoms with E-state index < -0.39 is 0 Å². The van der Waals surface area contributed by atoms with Crippen molar-refractivity contribution in [2.75, 3.05) is 6.54 Å². The van der Waals surface area contributed by atoms with E-state index >= 15 is 0 Å². The van der Waals surface area contributed by atoms with Crippen molar-refractivity contribution in [3.63, 3.8) is 0 Å². The minimum atomic E-state index is -0.110. The molecule has 1 aromatic carbocycles. The first-order valence-corrected chi connectivity index (χ1v) is 8.65. The Bertz CT molecular complexity index is 738. The van der Waals surface area contributed by atoms with E-state index in [4.69, 9.17) is 0 Å². The number of para-hydroxylation sites is 2. The standard InChI is InChI=1S/C18H25N3O2/c1-2-20-15-10-6-7-11-16(15)21(18(20)23)13-17(22)19-12-14-8-4-3-5-9-14/h6-7,10-11,14H,2-5,8-9,12-13H2,1H3,(H,19,22). The molecule has 1 N–H and O–H groups in total. The number of hydrogen-bond donors (Lipinski definition) is 1. The van der Waals surface area contributed by atoms with Crippen molar-refractivity contribution in [3.05, 3.63) is 34.7 Å². The number of carbonyl (C=O) groups is 1. The largest absolute Gasteiger partial charge is 0.354 e. The van der Waals surface area contributed by atoms with Gasteiger partial charge in [-0.2, -0.15) is 0 Å². The van der Waals surface area contributed by atoms with Crippen LogP contribution in [0.25, 0.3) is 11.0 Å². The van der Waals surface area contributed by atoms with E-state index in [1.165, 1.54) is 32.1 Å². The van der Waals surface area contributed by atoms with E-state index in [-0.39, 0.29) is 18.1 Å². The Morgan fingerprint density at radius 2 is 1.78 bits per heavy atom. The molecule has 0 bridgehead atoms. The lowest BCUT2D eigenvalue weighted by atomic mass is 9.89. The summed E-state index contributed by atoms with van der Waals surface area (Å²) in [6, 6.07) is 7.65. The summed E-state index contributed by atoms with van der Waals surface area (Å²) in [6.45, 7) is 3.39. The highest BCUT2D eigenvalue weighted by Gasteiger charge is 2.17. The van der Waals surface area contributed by atoms with Crippen LogP contribution in [0.5, 0.6) is 0 Å². The molecule has 1 aliphatic rings. The first-order valence-electron chi connectivity index (χ1n) is 8.65. The molecule has 1 fully saturated rings. The monoisotopic (exact) mass is 315 g/mol. The molecule has 2 aromatic rings. The molecule has 0 spiro atoms. The molecule has 0 aliphatic heterocycles. The lowest BCUT2D eigenvalue weighted by Gasteiger charge is -2.21. The van der Waals surface area contributed by atoms with E-state index in [2.05, 4.69) is 5.32 Å². The Labute approximate surface area is 136 Å². The molecule has 23 heavy (non-hydrogen) atoms. The predicted octanol–water partition coefficient (Wildman–Crippen LogP) is 2.52. The van der Waals surface area contributed by atoms with Crippen LogP contribution in [0.3, 0.4) is 0 Å².